The van der Waals surface area contributed by atoms with Gasteiger partial charge in [-0.15, -0.1) is 0 Å². The molecule has 0 aliphatic rings. The van der Waals surface area contributed by atoms with Gasteiger partial charge in [0.25, 0.3) is 0 Å². The van der Waals surface area contributed by atoms with Gasteiger partial charge in [-0.3, -0.25) is 0 Å². The summed E-state index contributed by atoms with van der Waals surface area (Å²) in [4.78, 5) is 8.27. The van der Waals surface area contributed by atoms with Crippen molar-refractivity contribution in [2.45, 2.75) is 27.0 Å². The Balaban J connectivity index is 1.90. The van der Waals surface area contributed by atoms with E-state index in [2.05, 4.69) is 57.2 Å². The Hall–Kier alpha value is -1.46. The molecule has 0 atom stereocenters. The molecule has 0 unspecified atom stereocenters. The third-order valence-electron chi connectivity index (χ3n) is 2.85. The lowest BCUT2D eigenvalue weighted by Gasteiger charge is -2.11. The van der Waals surface area contributed by atoms with E-state index >= 15 is 0 Å². The molecule has 5 heteroatoms. The zero-order valence-electron chi connectivity index (χ0n) is 12.3. The predicted molar refractivity (Wildman–Crippen MR) is 87.1 cm³/mol. The van der Waals surface area contributed by atoms with Crippen molar-refractivity contribution >= 4 is 15.9 Å². The van der Waals surface area contributed by atoms with Crippen molar-refractivity contribution in [3.05, 3.63) is 52.5 Å². The fraction of sp³-hybridized carbons (Fsp3) is 0.375. The largest absolute Gasteiger partial charge is 0.484 e. The number of aromatic nitrogens is 2. The Morgan fingerprint density at radius 1 is 1.24 bits per heavy atom. The average molecular weight is 350 g/mol. The van der Waals surface area contributed by atoms with Crippen LogP contribution in [-0.4, -0.2) is 16.5 Å². The van der Waals surface area contributed by atoms with Crippen LogP contribution in [0, 0.1) is 5.92 Å². The second-order valence-electron chi connectivity index (χ2n) is 5.24. The first-order valence-electron chi connectivity index (χ1n) is 7.03. The third kappa shape index (κ3) is 5.44. The fourth-order valence-electron chi connectivity index (χ4n) is 1.82. The highest BCUT2D eigenvalue weighted by atomic mass is 79.9. The summed E-state index contributed by atoms with van der Waals surface area (Å²) in [6, 6.07) is 7.91. The van der Waals surface area contributed by atoms with Crippen LogP contribution >= 0.6 is 15.9 Å². The summed E-state index contributed by atoms with van der Waals surface area (Å²) in [5.74, 6) is 2.13. The van der Waals surface area contributed by atoms with Crippen molar-refractivity contribution in [1.82, 2.24) is 15.3 Å². The summed E-state index contributed by atoms with van der Waals surface area (Å²) in [5, 5.41) is 3.42. The number of halogens is 1. The minimum absolute atomic E-state index is 0.365. The standard InChI is InChI=1S/C16H20BrN3O/c1-12(2)9-18-10-13-4-5-15(14(17)8-13)21-11-16-19-6-3-7-20-16/h3-8,12,18H,9-11H2,1-2H3. The molecule has 112 valence electrons. The Bertz CT molecular complexity index is 561. The van der Waals surface area contributed by atoms with Crippen LogP contribution in [0.25, 0.3) is 0 Å². The van der Waals surface area contributed by atoms with E-state index < -0.39 is 0 Å². The van der Waals surface area contributed by atoms with Crippen molar-refractivity contribution in [3.8, 4) is 5.75 Å². The first kappa shape index (κ1) is 15.9. The number of ether oxygens (including phenoxy) is 1. The molecule has 21 heavy (non-hydrogen) atoms. The lowest BCUT2D eigenvalue weighted by atomic mass is 10.2. The van der Waals surface area contributed by atoms with Gasteiger partial charge in [0.15, 0.2) is 5.82 Å². The highest BCUT2D eigenvalue weighted by Crippen LogP contribution is 2.26. The number of hydrogen-bond acceptors (Lipinski definition) is 4. The molecule has 0 radical (unpaired) electrons. The van der Waals surface area contributed by atoms with Gasteiger partial charge in [0, 0.05) is 18.9 Å². The van der Waals surface area contributed by atoms with Gasteiger partial charge >= 0.3 is 0 Å². The normalized spacial score (nSPS) is 10.9. The SMILES string of the molecule is CC(C)CNCc1ccc(OCc2ncccn2)c(Br)c1. The maximum Gasteiger partial charge on any atom is 0.166 e. The summed E-state index contributed by atoms with van der Waals surface area (Å²) in [7, 11) is 0. The number of rotatable bonds is 7. The van der Waals surface area contributed by atoms with Crippen molar-refractivity contribution in [2.75, 3.05) is 6.54 Å². The molecule has 1 heterocycles. The summed E-state index contributed by atoms with van der Waals surface area (Å²) in [6.07, 6.45) is 3.43. The van der Waals surface area contributed by atoms with E-state index in [-0.39, 0.29) is 0 Å². The van der Waals surface area contributed by atoms with E-state index in [0.29, 0.717) is 18.3 Å². The van der Waals surface area contributed by atoms with Gasteiger partial charge in [0.1, 0.15) is 12.4 Å². The maximum absolute atomic E-state index is 5.73. The first-order chi connectivity index (χ1) is 10.1. The van der Waals surface area contributed by atoms with E-state index in [1.165, 1.54) is 5.56 Å². The lowest BCUT2D eigenvalue weighted by Crippen LogP contribution is -2.18. The summed E-state index contributed by atoms with van der Waals surface area (Å²) in [5.41, 5.74) is 1.23. The second-order valence-corrected chi connectivity index (χ2v) is 6.10. The van der Waals surface area contributed by atoms with Crippen LogP contribution < -0.4 is 10.1 Å². The zero-order chi connectivity index (χ0) is 15.1. The lowest BCUT2D eigenvalue weighted by molar-refractivity contribution is 0.294. The number of nitrogens with zero attached hydrogens (tertiary/aromatic N) is 2. The summed E-state index contributed by atoms with van der Waals surface area (Å²) < 4.78 is 6.67. The van der Waals surface area contributed by atoms with Gasteiger partial charge in [0.2, 0.25) is 0 Å². The topological polar surface area (TPSA) is 47.0 Å². The van der Waals surface area contributed by atoms with E-state index in [9.17, 15) is 0 Å². The monoisotopic (exact) mass is 349 g/mol. The molecule has 1 N–H and O–H groups in total. The van der Waals surface area contributed by atoms with Crippen molar-refractivity contribution in [2.24, 2.45) is 5.92 Å². The molecule has 2 rings (SSSR count). The molecular formula is C16H20BrN3O. The zero-order valence-corrected chi connectivity index (χ0v) is 13.9. The Kier molecular flexibility index (Phi) is 6.14. The smallest absolute Gasteiger partial charge is 0.166 e. The minimum atomic E-state index is 0.365. The summed E-state index contributed by atoms with van der Waals surface area (Å²) in [6.45, 7) is 6.64. The van der Waals surface area contributed by atoms with Crippen molar-refractivity contribution in [1.29, 1.82) is 0 Å². The van der Waals surface area contributed by atoms with E-state index in [4.69, 9.17) is 4.74 Å². The Morgan fingerprint density at radius 3 is 2.67 bits per heavy atom. The number of hydrogen-bond donors (Lipinski definition) is 1. The maximum atomic E-state index is 5.73. The van der Waals surface area contributed by atoms with Gasteiger partial charge in [0.05, 0.1) is 4.47 Å². The summed E-state index contributed by atoms with van der Waals surface area (Å²) >= 11 is 3.55. The van der Waals surface area contributed by atoms with Crippen LogP contribution in [0.1, 0.15) is 25.2 Å². The van der Waals surface area contributed by atoms with Crippen LogP contribution in [0.2, 0.25) is 0 Å². The van der Waals surface area contributed by atoms with Crippen LogP contribution in [0.15, 0.2) is 41.1 Å². The molecule has 0 bridgehead atoms. The molecule has 2 aromatic rings. The van der Waals surface area contributed by atoms with Gasteiger partial charge in [-0.05, 0) is 52.2 Å². The molecule has 1 aromatic carbocycles. The van der Waals surface area contributed by atoms with Crippen LogP contribution in [-0.2, 0) is 13.2 Å². The van der Waals surface area contributed by atoms with E-state index in [1.54, 1.807) is 18.5 Å². The van der Waals surface area contributed by atoms with Crippen LogP contribution in [0.4, 0.5) is 0 Å². The number of nitrogens with one attached hydrogen (secondary N) is 1. The molecule has 1 aromatic heterocycles. The van der Waals surface area contributed by atoms with Crippen LogP contribution in [0.5, 0.6) is 5.75 Å². The molecule has 4 nitrogen and oxygen atoms in total. The van der Waals surface area contributed by atoms with Crippen molar-refractivity contribution < 1.29 is 4.74 Å². The fourth-order valence-corrected chi connectivity index (χ4v) is 2.36. The van der Waals surface area contributed by atoms with Crippen molar-refractivity contribution in [3.63, 3.8) is 0 Å². The highest BCUT2D eigenvalue weighted by Gasteiger charge is 2.04. The number of benzene rings is 1. The molecule has 0 fully saturated rings. The Morgan fingerprint density at radius 2 is 2.00 bits per heavy atom. The average Bonchev–Trinajstić information content (AvgIpc) is 2.47. The quantitative estimate of drug-likeness (QED) is 0.829. The van der Waals surface area contributed by atoms with Gasteiger partial charge in [-0.2, -0.15) is 0 Å². The Labute approximate surface area is 134 Å². The first-order valence-corrected chi connectivity index (χ1v) is 7.82. The predicted octanol–water partition coefficient (Wildman–Crippen LogP) is 3.56. The molecule has 0 saturated heterocycles. The molecule has 0 saturated carbocycles. The molecule has 0 spiro atoms. The van der Waals surface area contributed by atoms with Crippen LogP contribution in [0.3, 0.4) is 0 Å². The third-order valence-corrected chi connectivity index (χ3v) is 3.47. The van der Waals surface area contributed by atoms with E-state index in [0.717, 1.165) is 23.3 Å². The van der Waals surface area contributed by atoms with Gasteiger partial charge < -0.3 is 10.1 Å². The second kappa shape index (κ2) is 8.10. The van der Waals surface area contributed by atoms with Gasteiger partial charge in [-0.25, -0.2) is 9.97 Å². The molecular weight excluding hydrogens is 330 g/mol. The minimum Gasteiger partial charge on any atom is -0.484 e. The van der Waals surface area contributed by atoms with Gasteiger partial charge in [-0.1, -0.05) is 19.9 Å². The van der Waals surface area contributed by atoms with E-state index in [1.807, 2.05) is 6.07 Å². The molecule has 0 aliphatic heterocycles. The highest BCUT2D eigenvalue weighted by molar-refractivity contribution is 9.10. The molecule has 0 aliphatic carbocycles. The molecule has 0 amide bonds.